The van der Waals surface area contributed by atoms with Crippen LogP contribution >= 0.6 is 23.2 Å². The zero-order valence-electron chi connectivity index (χ0n) is 28.6. The number of rotatable bonds is 6. The molecule has 0 bridgehead atoms. The Morgan fingerprint density at radius 3 is 1.17 bits per heavy atom. The van der Waals surface area contributed by atoms with Gasteiger partial charge >= 0.3 is 24.7 Å². The highest BCUT2D eigenvalue weighted by atomic mass is 35.5. The largest absolute Gasteiger partial charge is 0.416 e. The van der Waals surface area contributed by atoms with Gasteiger partial charge in [0.2, 0.25) is 11.1 Å². The maximum atomic E-state index is 13.5. The predicted molar refractivity (Wildman–Crippen MR) is 180 cm³/mol. The van der Waals surface area contributed by atoms with Crippen LogP contribution in [0.25, 0.3) is 11.1 Å². The van der Waals surface area contributed by atoms with Gasteiger partial charge in [0, 0.05) is 23.2 Å². The van der Waals surface area contributed by atoms with Crippen molar-refractivity contribution in [2.75, 3.05) is 11.9 Å². The van der Waals surface area contributed by atoms with Crippen molar-refractivity contribution >= 4 is 40.0 Å². The first-order valence-corrected chi connectivity index (χ1v) is 16.1. The molecule has 4 aromatic carbocycles. The Hall–Kier alpha value is -4.24. The van der Waals surface area contributed by atoms with E-state index in [9.17, 15) is 62.3 Å². The van der Waals surface area contributed by atoms with Crippen molar-refractivity contribution in [1.82, 2.24) is 0 Å². The molecule has 4 aromatic rings. The van der Waals surface area contributed by atoms with E-state index in [1.807, 2.05) is 0 Å². The number of carbonyl (C=O) groups excluding carboxylic acids is 2. The van der Waals surface area contributed by atoms with Crippen LogP contribution in [0, 0.1) is 0 Å². The standard InChI is InChI=1S/C25H20ClF6NO.C12H9ClF6O/c1-23(2,15-12-16(24(27,28)29)14-17(13-15)25(30,31)32)22(34)33(3)21-11-7-5-9-19(21)18-8-4-6-10-20(18)26;1-10(2,9(13)20)6-3-7(11(14,15)16)5-8(4-6)12(17,18)19/h4-14H,1-3H3;3-5H,1-2H3. The second kappa shape index (κ2) is 15.5. The van der Waals surface area contributed by atoms with Crippen molar-refractivity contribution in [1.29, 1.82) is 0 Å². The fourth-order valence-electron chi connectivity index (χ4n) is 5.07. The molecule has 292 valence electrons. The molecule has 0 atom stereocenters. The third-order valence-electron chi connectivity index (χ3n) is 8.38. The molecule has 0 spiro atoms. The van der Waals surface area contributed by atoms with E-state index in [1.165, 1.54) is 25.8 Å². The minimum absolute atomic E-state index is 0.00170. The molecule has 54 heavy (non-hydrogen) atoms. The number of benzene rings is 4. The second-order valence-electron chi connectivity index (χ2n) is 13.0. The number of nitrogens with zero attached hydrogens (tertiary/aromatic N) is 1. The summed E-state index contributed by atoms with van der Waals surface area (Å²) in [7, 11) is 1.41. The van der Waals surface area contributed by atoms with E-state index in [1.54, 1.807) is 48.5 Å². The lowest BCUT2D eigenvalue weighted by Gasteiger charge is -2.32. The lowest BCUT2D eigenvalue weighted by molar-refractivity contribution is -0.144. The van der Waals surface area contributed by atoms with Gasteiger partial charge in [-0.15, -0.1) is 0 Å². The van der Waals surface area contributed by atoms with E-state index in [2.05, 4.69) is 0 Å². The number of hydrogen-bond donors (Lipinski definition) is 0. The molecule has 0 aliphatic rings. The molecular weight excluding hydrogens is 789 g/mol. The Morgan fingerprint density at radius 2 is 0.815 bits per heavy atom. The average Bonchev–Trinajstić information content (AvgIpc) is 3.06. The fraction of sp³-hybridized carbons (Fsp3) is 0.297. The third kappa shape index (κ3) is 10.1. The van der Waals surface area contributed by atoms with Crippen LogP contribution in [0.2, 0.25) is 5.02 Å². The molecule has 0 fully saturated rings. The zero-order valence-corrected chi connectivity index (χ0v) is 30.1. The number of hydrogen-bond acceptors (Lipinski definition) is 2. The molecule has 0 saturated carbocycles. The zero-order chi connectivity index (χ0) is 41.4. The van der Waals surface area contributed by atoms with Crippen LogP contribution in [0.1, 0.15) is 61.1 Å². The van der Waals surface area contributed by atoms with Gasteiger partial charge in [0.25, 0.3) is 0 Å². The second-order valence-corrected chi connectivity index (χ2v) is 13.7. The molecule has 3 nitrogen and oxygen atoms in total. The maximum Gasteiger partial charge on any atom is 0.416 e. The maximum absolute atomic E-state index is 13.5. The highest BCUT2D eigenvalue weighted by Crippen LogP contribution is 2.42. The van der Waals surface area contributed by atoms with Crippen LogP contribution in [0.15, 0.2) is 84.9 Å². The van der Waals surface area contributed by atoms with Crippen LogP contribution in [-0.2, 0) is 45.1 Å². The van der Waals surface area contributed by atoms with Crippen LogP contribution in [0.4, 0.5) is 58.4 Å². The summed E-state index contributed by atoms with van der Waals surface area (Å²) in [6.07, 6.45) is -19.9. The van der Waals surface area contributed by atoms with E-state index in [-0.39, 0.29) is 12.1 Å². The molecular formula is C37H29Cl2F12NO2. The highest BCUT2D eigenvalue weighted by Gasteiger charge is 2.42. The lowest BCUT2D eigenvalue weighted by Crippen LogP contribution is -2.42. The van der Waals surface area contributed by atoms with Crippen LogP contribution < -0.4 is 4.90 Å². The number of likely N-dealkylation sites (N-methyl/N-ethyl adjacent to an activating group) is 1. The van der Waals surface area contributed by atoms with E-state index in [0.717, 1.165) is 13.8 Å². The molecule has 0 aliphatic heterocycles. The summed E-state index contributed by atoms with van der Waals surface area (Å²) in [6, 6.07) is 15.8. The molecule has 0 unspecified atom stereocenters. The number of anilines is 1. The Bertz CT molecular complexity index is 1950. The summed E-state index contributed by atoms with van der Waals surface area (Å²) in [4.78, 5) is 25.9. The Kier molecular flexibility index (Phi) is 12.7. The fourth-order valence-corrected chi connectivity index (χ4v) is 5.42. The molecule has 0 N–H and O–H groups in total. The van der Waals surface area contributed by atoms with Gasteiger partial charge in [0.1, 0.15) is 0 Å². The molecule has 0 saturated heterocycles. The summed E-state index contributed by atoms with van der Waals surface area (Å²) >= 11 is 11.5. The summed E-state index contributed by atoms with van der Waals surface area (Å²) in [5.74, 6) is -0.695. The first kappa shape index (κ1) is 44.2. The minimum atomic E-state index is -5.02. The molecule has 0 aromatic heterocycles. The Morgan fingerprint density at radius 1 is 0.500 bits per heavy atom. The van der Waals surface area contributed by atoms with Crippen molar-refractivity contribution in [2.45, 2.75) is 63.2 Å². The topological polar surface area (TPSA) is 37.4 Å². The van der Waals surface area contributed by atoms with Crippen LogP contribution in [-0.4, -0.2) is 18.2 Å². The van der Waals surface area contributed by atoms with Crippen molar-refractivity contribution in [3.8, 4) is 11.1 Å². The number of amides is 1. The molecule has 4 rings (SSSR count). The van der Waals surface area contributed by atoms with Crippen molar-refractivity contribution < 1.29 is 62.3 Å². The van der Waals surface area contributed by atoms with Gasteiger partial charge in [0.15, 0.2) is 0 Å². The molecule has 0 heterocycles. The van der Waals surface area contributed by atoms with E-state index < -0.39 is 80.1 Å². The quantitative estimate of drug-likeness (QED) is 0.144. The first-order valence-electron chi connectivity index (χ1n) is 15.3. The monoisotopic (exact) mass is 817 g/mol. The lowest BCUT2D eigenvalue weighted by atomic mass is 9.81. The minimum Gasteiger partial charge on any atom is -0.314 e. The summed E-state index contributed by atoms with van der Waals surface area (Å²) in [5, 5.41) is -0.632. The number of para-hydroxylation sites is 1. The summed E-state index contributed by atoms with van der Waals surface area (Å²) < 4.78 is 156. The molecule has 0 radical (unpaired) electrons. The van der Waals surface area contributed by atoms with Gasteiger partial charge in [-0.05, 0) is 99.0 Å². The highest BCUT2D eigenvalue weighted by molar-refractivity contribution is 6.65. The number of carbonyl (C=O) groups is 2. The van der Waals surface area contributed by atoms with Gasteiger partial charge in [0.05, 0.1) is 38.8 Å². The predicted octanol–water partition coefficient (Wildman–Crippen LogP) is 12.8. The number of halogens is 14. The third-order valence-corrected chi connectivity index (χ3v) is 9.18. The van der Waals surface area contributed by atoms with E-state index in [4.69, 9.17) is 23.2 Å². The normalized spacial score (nSPS) is 12.9. The summed E-state index contributed by atoms with van der Waals surface area (Å²) in [5.41, 5.74) is -8.53. The van der Waals surface area contributed by atoms with E-state index in [0.29, 0.717) is 46.1 Å². The SMILES string of the molecule is CC(C)(C(=O)Cl)c1cc(C(F)(F)F)cc(C(F)(F)F)c1.CN(C(=O)C(C)(C)c1cc(C(F)(F)F)cc(C(F)(F)F)c1)c1ccccc1-c1ccccc1Cl. The van der Waals surface area contributed by atoms with Crippen LogP contribution in [0.5, 0.6) is 0 Å². The van der Waals surface area contributed by atoms with E-state index >= 15 is 0 Å². The van der Waals surface area contributed by atoms with Gasteiger partial charge < -0.3 is 4.90 Å². The molecule has 17 heteroatoms. The Balaban J connectivity index is 0.000000334. The van der Waals surface area contributed by atoms with Crippen LogP contribution in [0.3, 0.4) is 0 Å². The Labute approximate surface area is 311 Å². The van der Waals surface area contributed by atoms with Gasteiger partial charge in [-0.2, -0.15) is 52.7 Å². The molecule has 1 amide bonds. The first-order chi connectivity index (χ1) is 24.4. The smallest absolute Gasteiger partial charge is 0.314 e. The van der Waals surface area contributed by atoms with Gasteiger partial charge in [-0.25, -0.2) is 0 Å². The molecule has 0 aliphatic carbocycles. The van der Waals surface area contributed by atoms with Crippen molar-refractivity contribution in [3.63, 3.8) is 0 Å². The van der Waals surface area contributed by atoms with Gasteiger partial charge in [-0.1, -0.05) is 48.0 Å². The number of alkyl halides is 12. The average molecular weight is 819 g/mol. The van der Waals surface area contributed by atoms with Crippen molar-refractivity contribution in [2.24, 2.45) is 0 Å². The van der Waals surface area contributed by atoms with Gasteiger partial charge in [-0.3, -0.25) is 9.59 Å². The summed E-state index contributed by atoms with van der Waals surface area (Å²) in [6.45, 7) is 4.88. The van der Waals surface area contributed by atoms with Crippen molar-refractivity contribution in [3.05, 3.63) is 123 Å².